The van der Waals surface area contributed by atoms with Gasteiger partial charge >= 0.3 is 0 Å². The lowest BCUT2D eigenvalue weighted by Gasteiger charge is -2.15. The van der Waals surface area contributed by atoms with Gasteiger partial charge < -0.3 is 5.11 Å². The monoisotopic (exact) mass is 201 g/mol. The van der Waals surface area contributed by atoms with Gasteiger partial charge in [0.25, 0.3) is 0 Å². The van der Waals surface area contributed by atoms with Crippen molar-refractivity contribution in [2.75, 3.05) is 6.61 Å². The molecule has 1 fully saturated rings. The first-order valence-electron chi connectivity index (χ1n) is 5.47. The first kappa shape index (κ1) is 10.4. The molecule has 0 saturated heterocycles. The summed E-state index contributed by atoms with van der Waals surface area (Å²) in [6.07, 6.45) is 4.47. The molecule has 1 radical (unpaired) electrons. The highest BCUT2D eigenvalue weighted by molar-refractivity contribution is 5.59. The molecule has 1 aromatic carbocycles. The Labute approximate surface area is 91.4 Å². The Morgan fingerprint density at radius 3 is 2.73 bits per heavy atom. The number of benzene rings is 1. The van der Waals surface area contributed by atoms with Crippen LogP contribution in [0.4, 0.5) is 0 Å². The van der Waals surface area contributed by atoms with Gasteiger partial charge in [-0.2, -0.15) is 0 Å². The number of rotatable bonds is 4. The van der Waals surface area contributed by atoms with Crippen molar-refractivity contribution in [3.05, 3.63) is 48.4 Å². The maximum atomic E-state index is 9.16. The molecule has 1 aliphatic rings. The topological polar surface area (TPSA) is 20.2 Å². The van der Waals surface area contributed by atoms with Crippen LogP contribution >= 0.6 is 0 Å². The van der Waals surface area contributed by atoms with Crippen molar-refractivity contribution in [2.24, 2.45) is 0 Å². The van der Waals surface area contributed by atoms with E-state index in [9.17, 15) is 0 Å². The minimum absolute atomic E-state index is 0.0447. The van der Waals surface area contributed by atoms with Crippen molar-refractivity contribution in [3.63, 3.8) is 0 Å². The van der Waals surface area contributed by atoms with E-state index in [2.05, 4.69) is 25.6 Å². The first-order valence-corrected chi connectivity index (χ1v) is 5.47. The second kappa shape index (κ2) is 4.19. The van der Waals surface area contributed by atoms with Crippen LogP contribution in [0.25, 0.3) is 6.08 Å². The average Bonchev–Trinajstić information content (AvgIpc) is 3.10. The van der Waals surface area contributed by atoms with E-state index in [-0.39, 0.29) is 12.5 Å². The molecule has 0 amide bonds. The Kier molecular flexibility index (Phi) is 2.92. The van der Waals surface area contributed by atoms with Crippen LogP contribution in [-0.4, -0.2) is 11.7 Å². The van der Waals surface area contributed by atoms with Crippen LogP contribution in [0.1, 0.15) is 41.4 Å². The van der Waals surface area contributed by atoms with Crippen LogP contribution in [0.2, 0.25) is 0 Å². The summed E-state index contributed by atoms with van der Waals surface area (Å²) >= 11 is 0. The summed E-state index contributed by atoms with van der Waals surface area (Å²) in [5.74, 6) is 0.667. The standard InChI is InChI=1S/C14H17O/c1-3-12-13(10(2)9-15)5-4-6-14(12)11-7-8-11/h3-6,10-11,15H,1-2,7-9H2. The van der Waals surface area contributed by atoms with Gasteiger partial charge in [0.15, 0.2) is 0 Å². The molecular formula is C14H17O. The van der Waals surface area contributed by atoms with Crippen LogP contribution < -0.4 is 0 Å². The molecule has 1 saturated carbocycles. The lowest BCUT2D eigenvalue weighted by Crippen LogP contribution is -2.03. The zero-order chi connectivity index (χ0) is 10.8. The van der Waals surface area contributed by atoms with Crippen molar-refractivity contribution in [2.45, 2.75) is 24.7 Å². The van der Waals surface area contributed by atoms with Gasteiger partial charge in [0, 0.05) is 12.5 Å². The van der Waals surface area contributed by atoms with Gasteiger partial charge in [-0.1, -0.05) is 30.9 Å². The summed E-state index contributed by atoms with van der Waals surface area (Å²) in [7, 11) is 0. The van der Waals surface area contributed by atoms with Crippen molar-refractivity contribution in [1.29, 1.82) is 0 Å². The molecule has 1 nitrogen and oxygen atoms in total. The first-order chi connectivity index (χ1) is 7.27. The van der Waals surface area contributed by atoms with Crippen molar-refractivity contribution in [3.8, 4) is 0 Å². The number of aliphatic hydroxyl groups excluding tert-OH is 1. The molecule has 0 heterocycles. The summed E-state index contributed by atoms with van der Waals surface area (Å²) in [6.45, 7) is 7.92. The minimum Gasteiger partial charge on any atom is -0.396 e. The fourth-order valence-corrected chi connectivity index (χ4v) is 2.04. The molecule has 79 valence electrons. The van der Waals surface area contributed by atoms with Gasteiger partial charge in [-0.25, -0.2) is 0 Å². The summed E-state index contributed by atoms with van der Waals surface area (Å²) in [6, 6.07) is 6.27. The lowest BCUT2D eigenvalue weighted by atomic mass is 9.91. The molecule has 1 unspecified atom stereocenters. The normalized spacial score (nSPS) is 17.5. The fourth-order valence-electron chi connectivity index (χ4n) is 2.04. The predicted molar refractivity (Wildman–Crippen MR) is 63.7 cm³/mol. The summed E-state index contributed by atoms with van der Waals surface area (Å²) < 4.78 is 0. The highest BCUT2D eigenvalue weighted by Crippen LogP contribution is 2.43. The van der Waals surface area contributed by atoms with Crippen LogP contribution in [-0.2, 0) is 0 Å². The molecule has 1 heteroatoms. The summed E-state index contributed by atoms with van der Waals surface area (Å²) in [4.78, 5) is 0. The molecule has 1 atom stereocenters. The minimum atomic E-state index is -0.0447. The molecule has 1 aliphatic carbocycles. The van der Waals surface area contributed by atoms with Crippen LogP contribution in [0.5, 0.6) is 0 Å². The number of hydrogen-bond donors (Lipinski definition) is 1. The zero-order valence-corrected chi connectivity index (χ0v) is 8.95. The average molecular weight is 201 g/mol. The smallest absolute Gasteiger partial charge is 0.0499 e. The van der Waals surface area contributed by atoms with Gasteiger partial charge in [0.1, 0.15) is 0 Å². The van der Waals surface area contributed by atoms with E-state index in [0.717, 1.165) is 5.56 Å². The van der Waals surface area contributed by atoms with Crippen LogP contribution in [0, 0.1) is 6.92 Å². The summed E-state index contributed by atoms with van der Waals surface area (Å²) in [5.41, 5.74) is 3.69. The lowest BCUT2D eigenvalue weighted by molar-refractivity contribution is 0.282. The van der Waals surface area contributed by atoms with Crippen LogP contribution in [0.15, 0.2) is 24.8 Å². The third kappa shape index (κ3) is 1.98. The predicted octanol–water partition coefficient (Wildman–Crippen LogP) is 3.12. The van der Waals surface area contributed by atoms with Gasteiger partial charge in [-0.3, -0.25) is 0 Å². The van der Waals surface area contributed by atoms with Gasteiger partial charge in [-0.05, 0) is 42.4 Å². The van der Waals surface area contributed by atoms with E-state index in [4.69, 9.17) is 5.11 Å². The zero-order valence-electron chi connectivity index (χ0n) is 8.95. The molecule has 1 N–H and O–H groups in total. The van der Waals surface area contributed by atoms with Crippen molar-refractivity contribution in [1.82, 2.24) is 0 Å². The van der Waals surface area contributed by atoms with Crippen LogP contribution in [0.3, 0.4) is 0 Å². The Bertz CT molecular complexity index is 364. The Morgan fingerprint density at radius 2 is 2.20 bits per heavy atom. The van der Waals surface area contributed by atoms with E-state index >= 15 is 0 Å². The molecule has 0 aromatic heterocycles. The largest absolute Gasteiger partial charge is 0.396 e. The van der Waals surface area contributed by atoms with Crippen molar-refractivity contribution < 1.29 is 5.11 Å². The second-order valence-electron chi connectivity index (χ2n) is 4.21. The molecule has 0 spiro atoms. The molecular weight excluding hydrogens is 184 g/mol. The maximum Gasteiger partial charge on any atom is 0.0499 e. The van der Waals surface area contributed by atoms with Gasteiger partial charge in [0.2, 0.25) is 0 Å². The Morgan fingerprint density at radius 1 is 1.47 bits per heavy atom. The Hall–Kier alpha value is -1.08. The van der Waals surface area contributed by atoms with Crippen molar-refractivity contribution >= 4 is 6.08 Å². The van der Waals surface area contributed by atoms with E-state index < -0.39 is 0 Å². The third-order valence-electron chi connectivity index (χ3n) is 3.06. The quantitative estimate of drug-likeness (QED) is 0.793. The van der Waals surface area contributed by atoms with Gasteiger partial charge in [0.05, 0.1) is 0 Å². The number of aliphatic hydroxyl groups is 1. The second-order valence-corrected chi connectivity index (χ2v) is 4.21. The highest BCUT2D eigenvalue weighted by Gasteiger charge is 2.26. The molecule has 1 aromatic rings. The van der Waals surface area contributed by atoms with Gasteiger partial charge in [-0.15, -0.1) is 0 Å². The van der Waals surface area contributed by atoms with E-state index in [0.29, 0.717) is 5.92 Å². The molecule has 0 bridgehead atoms. The van der Waals surface area contributed by atoms with E-state index in [1.54, 1.807) is 0 Å². The van der Waals surface area contributed by atoms with E-state index in [1.807, 2.05) is 12.1 Å². The Balaban J connectivity index is 2.44. The fraction of sp³-hybridized carbons (Fsp3) is 0.357. The summed E-state index contributed by atoms with van der Waals surface area (Å²) in [5, 5.41) is 9.16. The SMILES string of the molecule is [CH2]C(CO)c1cccc(C2CC2)c1C=C. The molecule has 0 aliphatic heterocycles. The highest BCUT2D eigenvalue weighted by atomic mass is 16.3. The maximum absolute atomic E-state index is 9.16. The van der Waals surface area contributed by atoms with E-state index in [1.165, 1.54) is 24.0 Å². The third-order valence-corrected chi connectivity index (χ3v) is 3.06. The number of hydrogen-bond acceptors (Lipinski definition) is 1. The molecule has 15 heavy (non-hydrogen) atoms. The molecule has 2 rings (SSSR count).